The van der Waals surface area contributed by atoms with E-state index in [2.05, 4.69) is 5.32 Å². The van der Waals surface area contributed by atoms with E-state index in [1.807, 2.05) is 0 Å². The largest absolute Gasteiger partial charge is 0.452 e. The number of benzene rings is 2. The number of nitro groups is 1. The molecule has 2 aromatic rings. The molecule has 0 fully saturated rings. The summed E-state index contributed by atoms with van der Waals surface area (Å²) in [7, 11) is 0. The highest BCUT2D eigenvalue weighted by Crippen LogP contribution is 2.24. The highest BCUT2D eigenvalue weighted by atomic mass is 35.5. The fourth-order valence-corrected chi connectivity index (χ4v) is 2.66. The summed E-state index contributed by atoms with van der Waals surface area (Å²) in [4.78, 5) is 34.3. The molecule has 1 N–H and O–H groups in total. The first-order valence-electron chi connectivity index (χ1n) is 7.41. The topological polar surface area (TPSA) is 98.5 Å². The van der Waals surface area contributed by atoms with Crippen LogP contribution >= 0.6 is 23.2 Å². The molecule has 0 aliphatic rings. The van der Waals surface area contributed by atoms with E-state index in [9.17, 15) is 19.7 Å². The molecule has 7 nitrogen and oxygen atoms in total. The average Bonchev–Trinajstić information content (AvgIpc) is 2.58. The molecule has 2 aromatic carbocycles. The van der Waals surface area contributed by atoms with Crippen molar-refractivity contribution in [3.8, 4) is 0 Å². The molecule has 0 aliphatic carbocycles. The van der Waals surface area contributed by atoms with E-state index < -0.39 is 23.4 Å². The summed E-state index contributed by atoms with van der Waals surface area (Å²) >= 11 is 11.8. The van der Waals surface area contributed by atoms with Gasteiger partial charge in [0.25, 0.3) is 11.6 Å². The molecule has 9 heteroatoms. The van der Waals surface area contributed by atoms with Crippen molar-refractivity contribution in [2.24, 2.45) is 0 Å². The third-order valence-corrected chi connectivity index (χ3v) is 4.05. The molecule has 0 saturated carbocycles. The number of hydrogen-bond acceptors (Lipinski definition) is 5. The average molecular weight is 397 g/mol. The second-order valence-electron chi connectivity index (χ2n) is 5.32. The van der Waals surface area contributed by atoms with E-state index in [-0.39, 0.29) is 17.8 Å². The van der Waals surface area contributed by atoms with Gasteiger partial charge in [-0.25, -0.2) is 4.79 Å². The molecule has 0 unspecified atom stereocenters. The smallest absolute Gasteiger partial charge is 0.345 e. The van der Waals surface area contributed by atoms with Gasteiger partial charge >= 0.3 is 5.97 Å². The van der Waals surface area contributed by atoms with Gasteiger partial charge in [-0.2, -0.15) is 0 Å². The normalized spacial score (nSPS) is 10.3. The van der Waals surface area contributed by atoms with Crippen LogP contribution in [0, 0.1) is 17.0 Å². The summed E-state index contributed by atoms with van der Waals surface area (Å²) in [5.41, 5.74) is 0.422. The number of esters is 1. The standard InChI is InChI=1S/C17H14Cl2N2O5/c1-10-3-2-4-13(16(10)21(24)25)17(23)26-9-15(22)20-8-11-5-6-12(18)7-14(11)19/h2-7H,8-9H2,1H3,(H,20,22). The molecule has 0 atom stereocenters. The maximum atomic E-state index is 12.1. The summed E-state index contributed by atoms with van der Waals surface area (Å²) in [6, 6.07) is 9.12. The fourth-order valence-electron chi connectivity index (χ4n) is 2.18. The quantitative estimate of drug-likeness (QED) is 0.456. The molecule has 136 valence electrons. The number of para-hydroxylation sites is 1. The molecule has 0 bridgehead atoms. The lowest BCUT2D eigenvalue weighted by atomic mass is 10.1. The van der Waals surface area contributed by atoms with Gasteiger partial charge < -0.3 is 10.1 Å². The van der Waals surface area contributed by atoms with Crippen molar-refractivity contribution in [2.75, 3.05) is 6.61 Å². The highest BCUT2D eigenvalue weighted by molar-refractivity contribution is 6.35. The van der Waals surface area contributed by atoms with Crippen molar-refractivity contribution < 1.29 is 19.2 Å². The van der Waals surface area contributed by atoms with Gasteiger partial charge in [-0.15, -0.1) is 0 Å². The molecule has 0 heterocycles. The molecule has 1 amide bonds. The van der Waals surface area contributed by atoms with Gasteiger partial charge in [0.2, 0.25) is 0 Å². The third-order valence-electron chi connectivity index (χ3n) is 3.47. The molecule has 0 spiro atoms. The number of hydrogen-bond donors (Lipinski definition) is 1. The van der Waals surface area contributed by atoms with Gasteiger partial charge in [-0.05, 0) is 30.7 Å². The predicted octanol–water partition coefficient (Wildman–Crippen LogP) is 3.68. The van der Waals surface area contributed by atoms with Gasteiger partial charge in [0.15, 0.2) is 6.61 Å². The van der Waals surface area contributed by atoms with E-state index >= 15 is 0 Å². The minimum Gasteiger partial charge on any atom is -0.452 e. The number of nitro benzene ring substituents is 1. The van der Waals surface area contributed by atoms with Crippen LogP contribution in [0.15, 0.2) is 36.4 Å². The van der Waals surface area contributed by atoms with E-state index in [1.165, 1.54) is 25.1 Å². The van der Waals surface area contributed by atoms with Crippen molar-refractivity contribution in [2.45, 2.75) is 13.5 Å². The van der Waals surface area contributed by atoms with E-state index in [0.29, 0.717) is 21.2 Å². The monoisotopic (exact) mass is 396 g/mol. The van der Waals surface area contributed by atoms with Crippen LogP contribution in [0.4, 0.5) is 5.69 Å². The van der Waals surface area contributed by atoms with E-state index in [4.69, 9.17) is 27.9 Å². The Labute approximate surface area is 159 Å². The molecule has 0 saturated heterocycles. The van der Waals surface area contributed by atoms with Crippen LogP contribution in [0.2, 0.25) is 10.0 Å². The Kier molecular flexibility index (Phi) is 6.54. The van der Waals surface area contributed by atoms with Crippen molar-refractivity contribution >= 4 is 40.8 Å². The molecular weight excluding hydrogens is 383 g/mol. The highest BCUT2D eigenvalue weighted by Gasteiger charge is 2.24. The van der Waals surface area contributed by atoms with Crippen LogP contribution in [0.5, 0.6) is 0 Å². The van der Waals surface area contributed by atoms with Gasteiger partial charge in [0.05, 0.1) is 4.92 Å². The van der Waals surface area contributed by atoms with E-state index in [0.717, 1.165) is 0 Å². The lowest BCUT2D eigenvalue weighted by molar-refractivity contribution is -0.385. The van der Waals surface area contributed by atoms with Crippen molar-refractivity contribution in [1.82, 2.24) is 5.32 Å². The first-order chi connectivity index (χ1) is 12.3. The van der Waals surface area contributed by atoms with Crippen LogP contribution in [-0.4, -0.2) is 23.4 Å². The zero-order chi connectivity index (χ0) is 19.3. The Morgan fingerprint density at radius 1 is 1.23 bits per heavy atom. The Hall–Kier alpha value is -2.64. The minimum atomic E-state index is -0.944. The second kappa shape index (κ2) is 8.64. The SMILES string of the molecule is Cc1cccc(C(=O)OCC(=O)NCc2ccc(Cl)cc2Cl)c1[N+](=O)[O-]. The van der Waals surface area contributed by atoms with Gasteiger partial charge in [-0.3, -0.25) is 14.9 Å². The molecule has 26 heavy (non-hydrogen) atoms. The minimum absolute atomic E-state index is 0.122. The van der Waals surface area contributed by atoms with Gasteiger partial charge in [0.1, 0.15) is 5.56 Å². The van der Waals surface area contributed by atoms with Crippen LogP contribution in [0.25, 0.3) is 0 Å². The number of nitrogens with one attached hydrogen (secondary N) is 1. The number of nitrogens with zero attached hydrogens (tertiary/aromatic N) is 1. The summed E-state index contributed by atoms with van der Waals surface area (Å²) in [5, 5.41) is 14.5. The van der Waals surface area contributed by atoms with Crippen molar-refractivity contribution in [3.63, 3.8) is 0 Å². The Morgan fingerprint density at radius 3 is 2.62 bits per heavy atom. The number of halogens is 2. The summed E-state index contributed by atoms with van der Waals surface area (Å²) in [6.07, 6.45) is 0. The maximum Gasteiger partial charge on any atom is 0.345 e. The van der Waals surface area contributed by atoms with Crippen molar-refractivity contribution in [3.05, 3.63) is 73.2 Å². The summed E-state index contributed by atoms with van der Waals surface area (Å²) < 4.78 is 4.86. The number of carbonyl (C=O) groups excluding carboxylic acids is 2. The molecular formula is C17H14Cl2N2O5. The lowest BCUT2D eigenvalue weighted by Gasteiger charge is -2.09. The van der Waals surface area contributed by atoms with Crippen LogP contribution in [0.1, 0.15) is 21.5 Å². The Balaban J connectivity index is 1.94. The molecule has 0 aromatic heterocycles. The van der Waals surface area contributed by atoms with Crippen LogP contribution in [-0.2, 0) is 16.1 Å². The number of aryl methyl sites for hydroxylation is 1. The zero-order valence-corrected chi connectivity index (χ0v) is 15.1. The van der Waals surface area contributed by atoms with Crippen LogP contribution in [0.3, 0.4) is 0 Å². The zero-order valence-electron chi connectivity index (χ0n) is 13.6. The molecule has 2 rings (SSSR count). The number of ether oxygens (including phenoxy) is 1. The lowest BCUT2D eigenvalue weighted by Crippen LogP contribution is -2.28. The number of carbonyl (C=O) groups is 2. The maximum absolute atomic E-state index is 12.1. The molecule has 0 aliphatic heterocycles. The first-order valence-corrected chi connectivity index (χ1v) is 8.17. The fraction of sp³-hybridized carbons (Fsp3) is 0.176. The molecule has 0 radical (unpaired) electrons. The van der Waals surface area contributed by atoms with Gasteiger partial charge in [-0.1, -0.05) is 41.4 Å². The second-order valence-corrected chi connectivity index (χ2v) is 6.16. The van der Waals surface area contributed by atoms with Crippen LogP contribution < -0.4 is 5.32 Å². The summed E-state index contributed by atoms with van der Waals surface area (Å²) in [6.45, 7) is 1.06. The first kappa shape index (κ1) is 19.7. The number of rotatable bonds is 6. The van der Waals surface area contributed by atoms with Gasteiger partial charge in [0, 0.05) is 22.2 Å². The number of amides is 1. The van der Waals surface area contributed by atoms with Crippen molar-refractivity contribution in [1.29, 1.82) is 0 Å². The predicted molar refractivity (Wildman–Crippen MR) is 96.4 cm³/mol. The third kappa shape index (κ3) is 4.93. The Morgan fingerprint density at radius 2 is 1.96 bits per heavy atom. The van der Waals surface area contributed by atoms with E-state index in [1.54, 1.807) is 18.2 Å². The Bertz CT molecular complexity index is 870. The summed E-state index contributed by atoms with van der Waals surface area (Å²) in [5.74, 6) is -1.51.